The molecule has 4 heterocycles. The molecule has 0 aliphatic heterocycles. The van der Waals surface area contributed by atoms with E-state index in [-0.39, 0.29) is 21.1 Å². The van der Waals surface area contributed by atoms with E-state index < -0.39 is 16.5 Å². The van der Waals surface area contributed by atoms with Gasteiger partial charge in [-0.25, -0.2) is 9.67 Å². The van der Waals surface area contributed by atoms with Crippen LogP contribution < -0.4 is 9.80 Å². The standard InChI is InChI=1S/C30H22N4.C30H20N4.2C7H5N.2ClH.2Pt/c2*1-4-13-23(14-5-1)27-20-12-22-29(31-27)33(24-15-6-2-7-16-24)30-26-19-10-11-21-28(26)34(32-30)25-17-8-3-9-18-25;2*8-6-7-4-2-1-3-5-7;;;;/h1-22H;1-13,15-17,19-22H;2*1-5H;2*1H;;/q;-2;;;;;2*+2/p-2. The number of anilines is 6. The quantitative estimate of drug-likeness (QED) is 0.124. The molecule has 0 fully saturated rings. The third-order valence-electron chi connectivity index (χ3n) is 13.3. The molecule has 0 radical (unpaired) electrons. The Kier molecular flexibility index (Phi) is 23.1. The zero-order valence-electron chi connectivity index (χ0n) is 46.9. The number of halogens is 2. The average Bonchev–Trinajstić information content (AvgIpc) is 4.11. The van der Waals surface area contributed by atoms with Gasteiger partial charge in [0.1, 0.15) is 11.6 Å². The van der Waals surface area contributed by atoms with Crippen LogP contribution in [-0.2, 0) is 37.5 Å². The molecular formula is C74H52Cl2N10Pt2. The Bertz CT molecular complexity index is 4190. The van der Waals surface area contributed by atoms with Crippen molar-refractivity contribution in [2.24, 2.45) is 0 Å². The van der Waals surface area contributed by atoms with Crippen molar-refractivity contribution >= 4 is 75.3 Å². The van der Waals surface area contributed by atoms with Gasteiger partial charge in [-0.1, -0.05) is 164 Å². The van der Waals surface area contributed by atoms with Gasteiger partial charge in [0.2, 0.25) is 0 Å². The van der Waals surface area contributed by atoms with Crippen molar-refractivity contribution in [3.8, 4) is 46.0 Å². The van der Waals surface area contributed by atoms with Gasteiger partial charge in [-0.15, -0.1) is 47.1 Å². The summed E-state index contributed by atoms with van der Waals surface area (Å²) in [5, 5.41) is 28.9. The summed E-state index contributed by atoms with van der Waals surface area (Å²) in [5.74, 6) is 3.24. The predicted molar refractivity (Wildman–Crippen MR) is 350 cm³/mol. The molecule has 0 saturated heterocycles. The van der Waals surface area contributed by atoms with E-state index >= 15 is 0 Å². The van der Waals surface area contributed by atoms with Gasteiger partial charge < -0.3 is 0 Å². The average molecular weight is 1540 g/mol. The van der Waals surface area contributed by atoms with E-state index in [1.807, 2.05) is 228 Å². The maximum atomic E-state index is 8.29. The van der Waals surface area contributed by atoms with Crippen LogP contribution in [0.15, 0.2) is 315 Å². The minimum atomic E-state index is -0.472. The number of hydrogen-bond acceptors (Lipinski definition) is 8. The van der Waals surface area contributed by atoms with E-state index in [0.29, 0.717) is 11.1 Å². The first-order valence-corrected chi connectivity index (χ1v) is 33.1. The fraction of sp³-hybridized carbons (Fsp3) is 0. The zero-order chi connectivity index (χ0) is 59.8. The van der Waals surface area contributed by atoms with Crippen LogP contribution in [0.4, 0.5) is 34.6 Å². The van der Waals surface area contributed by atoms with Gasteiger partial charge in [-0.3, -0.25) is 19.5 Å². The SMILES string of the molecule is N#Cc1ccccc1.N#Cc1ccccc1.[Cl][Pt][Cl].[Pt+2].[c-]1ccccc1-c1cccc(N(c2ccccc2)c2nn(-c3[c-]cccc3)c3ccccc23)n1.c1ccc(-c2cccc(N(c3ccccc3)c3nn(-c4ccccc4)c4ccccc34)n2)cc1. The summed E-state index contributed by atoms with van der Waals surface area (Å²) in [7, 11) is 9.75. The second kappa shape index (κ2) is 32.5. The smallest absolute Gasteiger partial charge is 0.280 e. The van der Waals surface area contributed by atoms with E-state index in [4.69, 9.17) is 49.5 Å². The Morgan fingerprint density at radius 3 is 1.25 bits per heavy atom. The summed E-state index contributed by atoms with van der Waals surface area (Å²) in [6.07, 6.45) is 0. The van der Waals surface area contributed by atoms with Crippen LogP contribution in [0.25, 0.3) is 55.7 Å². The van der Waals surface area contributed by atoms with E-state index in [9.17, 15) is 0 Å². The second-order valence-electron chi connectivity index (χ2n) is 18.8. The van der Waals surface area contributed by atoms with E-state index in [2.05, 4.69) is 107 Å². The molecule has 88 heavy (non-hydrogen) atoms. The number of fused-ring (bicyclic) bond motifs is 2. The molecule has 0 amide bonds. The van der Waals surface area contributed by atoms with Crippen molar-refractivity contribution in [2.75, 3.05) is 9.80 Å². The van der Waals surface area contributed by atoms with Crippen molar-refractivity contribution in [1.29, 1.82) is 10.5 Å². The summed E-state index contributed by atoms with van der Waals surface area (Å²) in [5.41, 5.74) is 11.2. The molecule has 10 nitrogen and oxygen atoms in total. The van der Waals surface area contributed by atoms with Crippen LogP contribution in [0.2, 0.25) is 0 Å². The Labute approximate surface area is 543 Å². The number of nitriles is 2. The maximum absolute atomic E-state index is 8.29. The maximum Gasteiger partial charge on any atom is 2.00 e. The van der Waals surface area contributed by atoms with Crippen LogP contribution in [0.5, 0.6) is 0 Å². The molecule has 0 aliphatic carbocycles. The second-order valence-corrected chi connectivity index (χ2v) is 22.1. The Morgan fingerprint density at radius 1 is 0.386 bits per heavy atom. The predicted octanol–water partition coefficient (Wildman–Crippen LogP) is 19.2. The summed E-state index contributed by atoms with van der Waals surface area (Å²) < 4.78 is 3.94. The number of benzene rings is 10. The van der Waals surface area contributed by atoms with Gasteiger partial charge in [-0.05, 0) is 115 Å². The first-order chi connectivity index (χ1) is 43.0. The third-order valence-corrected chi connectivity index (χ3v) is 13.3. The number of hydrogen-bond donors (Lipinski definition) is 0. The number of nitrogens with zero attached hydrogens (tertiary/aromatic N) is 10. The van der Waals surface area contributed by atoms with Crippen LogP contribution in [0.3, 0.4) is 0 Å². The largest absolute Gasteiger partial charge is 2.00 e. The normalized spacial score (nSPS) is 10.1. The molecule has 0 N–H and O–H groups in total. The molecule has 14 heteroatoms. The number of para-hydroxylation sites is 6. The van der Waals surface area contributed by atoms with Gasteiger partial charge in [0.25, 0.3) is 0 Å². The van der Waals surface area contributed by atoms with Gasteiger partial charge >= 0.3 is 56.4 Å². The van der Waals surface area contributed by atoms with Crippen LogP contribution >= 0.6 is 18.8 Å². The Morgan fingerprint density at radius 2 is 0.784 bits per heavy atom. The monoisotopic (exact) mass is 1540 g/mol. The van der Waals surface area contributed by atoms with E-state index in [1.54, 1.807) is 24.3 Å². The molecule has 0 saturated carbocycles. The molecule has 4 aromatic heterocycles. The van der Waals surface area contributed by atoms with Crippen molar-refractivity contribution in [1.82, 2.24) is 29.5 Å². The van der Waals surface area contributed by atoms with Crippen LogP contribution in [0.1, 0.15) is 11.1 Å². The molecule has 0 spiro atoms. The number of rotatable bonds is 10. The zero-order valence-corrected chi connectivity index (χ0v) is 52.9. The molecule has 0 aliphatic rings. The molecule has 10 aromatic carbocycles. The topological polar surface area (TPSA) is 115 Å². The van der Waals surface area contributed by atoms with Crippen molar-refractivity contribution in [2.45, 2.75) is 0 Å². The fourth-order valence-corrected chi connectivity index (χ4v) is 9.37. The summed E-state index contributed by atoms with van der Waals surface area (Å²) in [4.78, 5) is 14.3. The third kappa shape index (κ3) is 15.9. The molecule has 0 atom stereocenters. The Balaban J connectivity index is 0.000000160. The van der Waals surface area contributed by atoms with Crippen molar-refractivity contribution in [3.05, 3.63) is 339 Å². The minimum absolute atomic E-state index is 0. The first-order valence-electron chi connectivity index (χ1n) is 27.4. The summed E-state index contributed by atoms with van der Waals surface area (Å²) >= 11 is -0.472. The molecular weight excluding hydrogens is 1490 g/mol. The van der Waals surface area contributed by atoms with Crippen molar-refractivity contribution in [3.63, 3.8) is 0 Å². The molecule has 432 valence electrons. The van der Waals surface area contributed by atoms with Gasteiger partial charge in [0.05, 0.1) is 45.7 Å². The number of pyridine rings is 2. The summed E-state index contributed by atoms with van der Waals surface area (Å²) in [6.45, 7) is 0. The molecule has 14 aromatic rings. The minimum Gasteiger partial charge on any atom is -0.280 e. The molecule has 0 unspecified atom stereocenters. The van der Waals surface area contributed by atoms with E-state index in [1.165, 1.54) is 0 Å². The van der Waals surface area contributed by atoms with Gasteiger partial charge in [-0.2, -0.15) is 39.9 Å². The summed E-state index contributed by atoms with van der Waals surface area (Å²) in [6, 6.07) is 114. The number of aromatic nitrogens is 6. The first kappa shape index (κ1) is 62.5. The van der Waals surface area contributed by atoms with Crippen molar-refractivity contribution < 1.29 is 37.5 Å². The molecule has 0 bridgehead atoms. The van der Waals surface area contributed by atoms with Crippen LogP contribution in [-0.4, -0.2) is 29.5 Å². The Hall–Kier alpha value is -10.0. The molecule has 14 rings (SSSR count). The van der Waals surface area contributed by atoms with Gasteiger partial charge in [0, 0.05) is 27.7 Å². The van der Waals surface area contributed by atoms with E-state index in [0.717, 1.165) is 90.3 Å². The fourth-order valence-electron chi connectivity index (χ4n) is 9.37. The van der Waals surface area contributed by atoms with Crippen LogP contribution in [0, 0.1) is 34.8 Å². The van der Waals surface area contributed by atoms with Gasteiger partial charge in [0.15, 0.2) is 11.6 Å².